The Hall–Kier alpha value is -2.38. The molecule has 0 radical (unpaired) electrons. The van der Waals surface area contributed by atoms with Crippen molar-refractivity contribution in [3.05, 3.63) is 53.1 Å². The Labute approximate surface area is 166 Å². The van der Waals surface area contributed by atoms with E-state index in [1.54, 1.807) is 4.31 Å². The van der Waals surface area contributed by atoms with Gasteiger partial charge in [-0.3, -0.25) is 0 Å². The molecule has 0 saturated carbocycles. The number of rotatable bonds is 3. The second-order valence-corrected chi connectivity index (χ2v) is 9.45. The van der Waals surface area contributed by atoms with E-state index in [0.29, 0.717) is 31.1 Å². The van der Waals surface area contributed by atoms with E-state index in [1.165, 1.54) is 0 Å². The van der Waals surface area contributed by atoms with Gasteiger partial charge in [0.05, 0.1) is 15.9 Å². The van der Waals surface area contributed by atoms with Gasteiger partial charge >= 0.3 is 0 Å². The number of anilines is 1. The van der Waals surface area contributed by atoms with Gasteiger partial charge in [-0.15, -0.1) is 0 Å². The number of aromatic nitrogens is 2. The molecule has 0 bridgehead atoms. The van der Waals surface area contributed by atoms with E-state index in [1.807, 2.05) is 58.2 Å². The Morgan fingerprint density at radius 1 is 0.929 bits per heavy atom. The van der Waals surface area contributed by atoms with Crippen molar-refractivity contribution in [2.24, 2.45) is 7.05 Å². The molecule has 6 nitrogen and oxygen atoms in total. The van der Waals surface area contributed by atoms with E-state index in [4.69, 9.17) is 4.98 Å². The Balaban J connectivity index is 1.58. The lowest BCUT2D eigenvalue weighted by Gasteiger charge is -2.35. The Morgan fingerprint density at radius 2 is 1.54 bits per heavy atom. The molecule has 1 aromatic heterocycles. The van der Waals surface area contributed by atoms with Gasteiger partial charge in [0.1, 0.15) is 0 Å². The molecule has 2 heterocycles. The van der Waals surface area contributed by atoms with Crippen molar-refractivity contribution in [3.63, 3.8) is 0 Å². The third kappa shape index (κ3) is 3.08. The summed E-state index contributed by atoms with van der Waals surface area (Å²) in [5.41, 5.74) is 4.76. The number of aryl methyl sites for hydroxylation is 4. The average Bonchev–Trinajstić information content (AvgIpc) is 2.98. The Bertz CT molecular complexity index is 1120. The van der Waals surface area contributed by atoms with Gasteiger partial charge in [0.25, 0.3) is 0 Å². The van der Waals surface area contributed by atoms with E-state index < -0.39 is 10.0 Å². The molecule has 0 aliphatic carbocycles. The molecule has 2 aromatic carbocycles. The van der Waals surface area contributed by atoms with Crippen LogP contribution < -0.4 is 4.90 Å². The van der Waals surface area contributed by atoms with E-state index in [9.17, 15) is 8.42 Å². The third-order valence-corrected chi connectivity index (χ3v) is 7.69. The molecule has 0 spiro atoms. The van der Waals surface area contributed by atoms with Crippen molar-refractivity contribution < 1.29 is 8.42 Å². The van der Waals surface area contributed by atoms with Gasteiger partial charge in [-0.2, -0.15) is 4.31 Å². The number of fused-ring (bicyclic) bond motifs is 1. The van der Waals surface area contributed by atoms with E-state index >= 15 is 0 Å². The molecule has 28 heavy (non-hydrogen) atoms. The normalized spacial score (nSPS) is 16.1. The molecule has 1 saturated heterocycles. The third-order valence-electron chi connectivity index (χ3n) is 5.49. The van der Waals surface area contributed by atoms with Crippen LogP contribution in [-0.2, 0) is 17.1 Å². The van der Waals surface area contributed by atoms with E-state index in [0.717, 1.165) is 33.7 Å². The minimum absolute atomic E-state index is 0.453. The SMILES string of the molecule is Cc1cc(C)c(S(=O)(=O)N2CCN(c3nc4ccccc4n3C)CC2)c(C)c1. The maximum absolute atomic E-state index is 13.3. The van der Waals surface area contributed by atoms with Gasteiger partial charge in [-0.25, -0.2) is 13.4 Å². The highest BCUT2D eigenvalue weighted by Crippen LogP contribution is 2.27. The summed E-state index contributed by atoms with van der Waals surface area (Å²) >= 11 is 0. The van der Waals surface area contributed by atoms with Crippen LogP contribution in [0.3, 0.4) is 0 Å². The summed E-state index contributed by atoms with van der Waals surface area (Å²) in [6.07, 6.45) is 0. The molecular weight excluding hydrogens is 372 g/mol. The molecule has 0 N–H and O–H groups in total. The number of imidazole rings is 1. The van der Waals surface area contributed by atoms with Crippen molar-refractivity contribution in [2.75, 3.05) is 31.1 Å². The summed E-state index contributed by atoms with van der Waals surface area (Å²) in [7, 11) is -1.49. The number of benzene rings is 2. The van der Waals surface area contributed by atoms with E-state index in [2.05, 4.69) is 15.5 Å². The first-order valence-corrected chi connectivity index (χ1v) is 11.0. The number of piperazine rings is 1. The Kier molecular flexibility index (Phi) is 4.67. The average molecular weight is 399 g/mol. The monoisotopic (exact) mass is 398 g/mol. The second kappa shape index (κ2) is 6.90. The zero-order valence-electron chi connectivity index (χ0n) is 16.8. The van der Waals surface area contributed by atoms with Crippen molar-refractivity contribution in [3.8, 4) is 0 Å². The molecule has 7 heteroatoms. The van der Waals surface area contributed by atoms with Crippen molar-refractivity contribution in [1.82, 2.24) is 13.9 Å². The van der Waals surface area contributed by atoms with Crippen LogP contribution in [0.1, 0.15) is 16.7 Å². The number of para-hydroxylation sites is 2. The molecule has 1 aliphatic heterocycles. The molecule has 0 amide bonds. The first-order valence-electron chi connectivity index (χ1n) is 9.53. The van der Waals surface area contributed by atoms with Gasteiger partial charge < -0.3 is 9.47 Å². The van der Waals surface area contributed by atoms with Crippen LogP contribution in [0.4, 0.5) is 5.95 Å². The van der Waals surface area contributed by atoms with Crippen LogP contribution in [-0.4, -0.2) is 48.5 Å². The maximum atomic E-state index is 13.3. The fourth-order valence-corrected chi connectivity index (χ4v) is 6.08. The quantitative estimate of drug-likeness (QED) is 0.681. The highest BCUT2D eigenvalue weighted by Gasteiger charge is 2.32. The summed E-state index contributed by atoms with van der Waals surface area (Å²) in [5.74, 6) is 0.890. The smallest absolute Gasteiger partial charge is 0.243 e. The van der Waals surface area contributed by atoms with E-state index in [-0.39, 0.29) is 0 Å². The maximum Gasteiger partial charge on any atom is 0.243 e. The zero-order valence-corrected chi connectivity index (χ0v) is 17.6. The Morgan fingerprint density at radius 3 is 2.14 bits per heavy atom. The summed E-state index contributed by atoms with van der Waals surface area (Å²) < 4.78 is 30.2. The first-order chi connectivity index (χ1) is 13.3. The van der Waals surface area contributed by atoms with Crippen LogP contribution in [0.5, 0.6) is 0 Å². The molecule has 1 fully saturated rings. The topological polar surface area (TPSA) is 58.4 Å². The minimum Gasteiger partial charge on any atom is -0.340 e. The van der Waals surface area contributed by atoms with Gasteiger partial charge in [-0.05, 0) is 44.0 Å². The highest BCUT2D eigenvalue weighted by molar-refractivity contribution is 7.89. The van der Waals surface area contributed by atoms with Crippen molar-refractivity contribution >= 4 is 27.0 Å². The lowest BCUT2D eigenvalue weighted by molar-refractivity contribution is 0.381. The van der Waals surface area contributed by atoms with Crippen LogP contribution in [0.25, 0.3) is 11.0 Å². The first kappa shape index (κ1) is 19.0. The standard InChI is InChI=1S/C21H26N4O2S/c1-15-13-16(2)20(17(3)14-15)28(26,27)25-11-9-24(10-12-25)21-22-18-7-5-6-8-19(18)23(21)4/h5-8,13-14H,9-12H2,1-4H3. The largest absolute Gasteiger partial charge is 0.340 e. The molecule has 0 unspecified atom stereocenters. The lowest BCUT2D eigenvalue weighted by Crippen LogP contribution is -2.49. The summed E-state index contributed by atoms with van der Waals surface area (Å²) in [6, 6.07) is 11.9. The van der Waals surface area contributed by atoms with Gasteiger partial charge in [0.15, 0.2) is 0 Å². The van der Waals surface area contributed by atoms with Crippen LogP contribution in [0, 0.1) is 20.8 Å². The van der Waals surface area contributed by atoms with Crippen molar-refractivity contribution in [2.45, 2.75) is 25.7 Å². The number of hydrogen-bond acceptors (Lipinski definition) is 4. The fraction of sp³-hybridized carbons (Fsp3) is 0.381. The van der Waals surface area contributed by atoms with Gasteiger partial charge in [0, 0.05) is 33.2 Å². The molecule has 0 atom stereocenters. The molecular formula is C21H26N4O2S. The lowest BCUT2D eigenvalue weighted by atomic mass is 10.1. The predicted octanol–water partition coefficient (Wildman–Crippen LogP) is 3.01. The molecule has 148 valence electrons. The second-order valence-electron chi connectivity index (χ2n) is 7.58. The van der Waals surface area contributed by atoms with Crippen LogP contribution in [0.2, 0.25) is 0 Å². The zero-order chi connectivity index (χ0) is 20.1. The summed E-state index contributed by atoms with van der Waals surface area (Å²) in [6.45, 7) is 7.91. The molecule has 4 rings (SSSR count). The van der Waals surface area contributed by atoms with Gasteiger partial charge in [0.2, 0.25) is 16.0 Å². The molecule has 1 aliphatic rings. The summed E-state index contributed by atoms with van der Waals surface area (Å²) in [4.78, 5) is 7.36. The number of sulfonamides is 1. The fourth-order valence-electron chi connectivity index (χ4n) is 4.25. The van der Waals surface area contributed by atoms with Crippen LogP contribution in [0.15, 0.2) is 41.3 Å². The van der Waals surface area contributed by atoms with Crippen molar-refractivity contribution in [1.29, 1.82) is 0 Å². The number of hydrogen-bond donors (Lipinski definition) is 0. The number of nitrogens with zero attached hydrogens (tertiary/aromatic N) is 4. The predicted molar refractivity (Wildman–Crippen MR) is 112 cm³/mol. The highest BCUT2D eigenvalue weighted by atomic mass is 32.2. The minimum atomic E-state index is -3.50. The van der Waals surface area contributed by atoms with Gasteiger partial charge in [-0.1, -0.05) is 29.8 Å². The molecule has 3 aromatic rings. The summed E-state index contributed by atoms with van der Waals surface area (Å²) in [5, 5.41) is 0. The van der Waals surface area contributed by atoms with Crippen LogP contribution >= 0.6 is 0 Å².